The fraction of sp³-hybridized carbons (Fsp3) is 0.409. The Morgan fingerprint density at radius 1 is 0.962 bits per heavy atom. The maximum Gasteiger partial charge on any atom is 0.415 e. The molecular formula is C22H26N2O2. The zero-order valence-electron chi connectivity index (χ0n) is 15.1. The minimum atomic E-state index is -0.237. The SMILES string of the molecule is O=C(Oc1ccccc1)N1CCN(CC2CCCc3ccccc32)CC1. The number of piperazine rings is 1. The summed E-state index contributed by atoms with van der Waals surface area (Å²) >= 11 is 0. The highest BCUT2D eigenvalue weighted by Crippen LogP contribution is 2.32. The molecule has 0 aromatic heterocycles. The van der Waals surface area contributed by atoms with Crippen LogP contribution in [0.2, 0.25) is 0 Å². The number of amides is 1. The van der Waals surface area contributed by atoms with Gasteiger partial charge in [-0.3, -0.25) is 4.90 Å². The summed E-state index contributed by atoms with van der Waals surface area (Å²) in [6.45, 7) is 4.41. The Morgan fingerprint density at radius 2 is 1.69 bits per heavy atom. The van der Waals surface area contributed by atoms with Crippen LogP contribution in [0.5, 0.6) is 5.75 Å². The number of hydrogen-bond acceptors (Lipinski definition) is 3. The first-order valence-corrected chi connectivity index (χ1v) is 9.61. The number of rotatable bonds is 3. The third-order valence-corrected chi connectivity index (χ3v) is 5.55. The first-order chi connectivity index (χ1) is 12.8. The largest absolute Gasteiger partial charge is 0.415 e. The lowest BCUT2D eigenvalue weighted by molar-refractivity contribution is 0.107. The Kier molecular flexibility index (Phi) is 5.21. The molecule has 136 valence electrons. The van der Waals surface area contributed by atoms with Crippen LogP contribution in [-0.4, -0.2) is 48.6 Å². The maximum absolute atomic E-state index is 12.3. The third kappa shape index (κ3) is 3.91. The molecule has 1 amide bonds. The molecule has 1 aliphatic heterocycles. The van der Waals surface area contributed by atoms with E-state index in [2.05, 4.69) is 29.2 Å². The van der Waals surface area contributed by atoms with E-state index < -0.39 is 0 Å². The Bertz CT molecular complexity index is 739. The van der Waals surface area contributed by atoms with Crippen LogP contribution in [0.4, 0.5) is 4.79 Å². The van der Waals surface area contributed by atoms with Crippen molar-refractivity contribution < 1.29 is 9.53 Å². The van der Waals surface area contributed by atoms with Crippen molar-refractivity contribution in [3.8, 4) is 5.75 Å². The monoisotopic (exact) mass is 350 g/mol. The van der Waals surface area contributed by atoms with Crippen molar-refractivity contribution in [3.05, 3.63) is 65.7 Å². The molecule has 1 aliphatic carbocycles. The molecule has 2 aliphatic rings. The number of aryl methyl sites for hydroxylation is 1. The standard InChI is InChI=1S/C22H26N2O2/c25-22(26-20-10-2-1-3-11-20)24-15-13-23(14-16-24)17-19-9-6-8-18-7-4-5-12-21(18)19/h1-5,7,10-12,19H,6,8-9,13-17H2. The molecule has 1 saturated heterocycles. The molecule has 0 radical (unpaired) electrons. The first kappa shape index (κ1) is 17.1. The molecule has 0 saturated carbocycles. The lowest BCUT2D eigenvalue weighted by Gasteiger charge is -2.37. The zero-order valence-corrected chi connectivity index (χ0v) is 15.1. The van der Waals surface area contributed by atoms with Gasteiger partial charge in [0.25, 0.3) is 0 Å². The lowest BCUT2D eigenvalue weighted by atomic mass is 9.82. The highest BCUT2D eigenvalue weighted by atomic mass is 16.6. The van der Waals surface area contributed by atoms with E-state index in [4.69, 9.17) is 4.74 Å². The van der Waals surface area contributed by atoms with Gasteiger partial charge in [-0.25, -0.2) is 4.79 Å². The number of nitrogens with zero attached hydrogens (tertiary/aromatic N) is 2. The van der Waals surface area contributed by atoms with Gasteiger partial charge in [-0.2, -0.15) is 0 Å². The smallest absolute Gasteiger partial charge is 0.410 e. The molecule has 2 aromatic rings. The van der Waals surface area contributed by atoms with E-state index in [-0.39, 0.29) is 6.09 Å². The average Bonchev–Trinajstić information content (AvgIpc) is 2.70. The van der Waals surface area contributed by atoms with Crippen molar-refractivity contribution in [2.75, 3.05) is 32.7 Å². The molecule has 0 bridgehead atoms. The van der Waals surface area contributed by atoms with Crippen molar-refractivity contribution in [2.24, 2.45) is 0 Å². The topological polar surface area (TPSA) is 32.8 Å². The van der Waals surface area contributed by atoms with Crippen LogP contribution < -0.4 is 4.74 Å². The Morgan fingerprint density at radius 3 is 2.50 bits per heavy atom. The Balaban J connectivity index is 1.30. The zero-order chi connectivity index (χ0) is 17.8. The van der Waals surface area contributed by atoms with E-state index in [0.29, 0.717) is 11.7 Å². The van der Waals surface area contributed by atoms with E-state index >= 15 is 0 Å². The van der Waals surface area contributed by atoms with Gasteiger partial charge in [0, 0.05) is 32.7 Å². The summed E-state index contributed by atoms with van der Waals surface area (Å²) < 4.78 is 5.45. The van der Waals surface area contributed by atoms with E-state index in [9.17, 15) is 4.79 Å². The van der Waals surface area contributed by atoms with Gasteiger partial charge in [-0.15, -0.1) is 0 Å². The number of ether oxygens (including phenoxy) is 1. The normalized spacial score (nSPS) is 20.5. The van der Waals surface area contributed by atoms with Crippen LogP contribution in [0.1, 0.15) is 29.9 Å². The molecule has 26 heavy (non-hydrogen) atoms. The maximum atomic E-state index is 12.3. The minimum absolute atomic E-state index is 0.237. The quantitative estimate of drug-likeness (QED) is 0.841. The molecule has 4 nitrogen and oxygen atoms in total. The van der Waals surface area contributed by atoms with Gasteiger partial charge in [-0.1, -0.05) is 42.5 Å². The molecule has 1 heterocycles. The first-order valence-electron chi connectivity index (χ1n) is 9.61. The van der Waals surface area contributed by atoms with Crippen molar-refractivity contribution in [2.45, 2.75) is 25.2 Å². The summed E-state index contributed by atoms with van der Waals surface area (Å²) in [7, 11) is 0. The second-order valence-electron chi connectivity index (χ2n) is 7.26. The highest BCUT2D eigenvalue weighted by molar-refractivity contribution is 5.70. The van der Waals surface area contributed by atoms with Crippen molar-refractivity contribution in [1.82, 2.24) is 9.80 Å². The number of para-hydroxylation sites is 1. The molecule has 0 spiro atoms. The molecule has 1 fully saturated rings. The summed E-state index contributed by atoms with van der Waals surface area (Å²) in [5, 5.41) is 0. The van der Waals surface area contributed by atoms with Gasteiger partial charge in [0.05, 0.1) is 0 Å². The third-order valence-electron chi connectivity index (χ3n) is 5.55. The number of benzene rings is 2. The van der Waals surface area contributed by atoms with Crippen molar-refractivity contribution in [3.63, 3.8) is 0 Å². The molecule has 4 rings (SSSR count). The van der Waals surface area contributed by atoms with Gasteiger partial charge < -0.3 is 9.64 Å². The number of carbonyl (C=O) groups is 1. The number of fused-ring (bicyclic) bond motifs is 1. The van der Waals surface area contributed by atoms with Crippen LogP contribution >= 0.6 is 0 Å². The van der Waals surface area contributed by atoms with Crippen LogP contribution in [0.25, 0.3) is 0 Å². The van der Waals surface area contributed by atoms with E-state index in [1.807, 2.05) is 35.2 Å². The van der Waals surface area contributed by atoms with Gasteiger partial charge >= 0.3 is 6.09 Å². The molecule has 0 N–H and O–H groups in total. The van der Waals surface area contributed by atoms with Gasteiger partial charge in [0.2, 0.25) is 0 Å². The molecule has 2 aromatic carbocycles. The molecule has 1 atom stereocenters. The average molecular weight is 350 g/mol. The summed E-state index contributed by atoms with van der Waals surface area (Å²) in [5.74, 6) is 1.24. The highest BCUT2D eigenvalue weighted by Gasteiger charge is 2.26. The van der Waals surface area contributed by atoms with Crippen molar-refractivity contribution >= 4 is 6.09 Å². The van der Waals surface area contributed by atoms with Crippen LogP contribution in [0.3, 0.4) is 0 Å². The van der Waals surface area contributed by atoms with Crippen LogP contribution in [0, 0.1) is 0 Å². The van der Waals surface area contributed by atoms with Gasteiger partial charge in [0.15, 0.2) is 0 Å². The second kappa shape index (κ2) is 7.92. The summed E-state index contributed by atoms with van der Waals surface area (Å²) in [6.07, 6.45) is 3.53. The van der Waals surface area contributed by atoms with E-state index in [1.165, 1.54) is 30.4 Å². The number of hydrogen-bond donors (Lipinski definition) is 0. The van der Waals surface area contributed by atoms with Gasteiger partial charge in [-0.05, 0) is 48.4 Å². The number of carbonyl (C=O) groups excluding carboxylic acids is 1. The van der Waals surface area contributed by atoms with E-state index in [1.54, 1.807) is 0 Å². The minimum Gasteiger partial charge on any atom is -0.410 e. The fourth-order valence-corrected chi connectivity index (χ4v) is 4.12. The Hall–Kier alpha value is -2.33. The predicted octanol–water partition coefficient (Wildman–Crippen LogP) is 3.92. The van der Waals surface area contributed by atoms with Crippen LogP contribution in [-0.2, 0) is 6.42 Å². The second-order valence-corrected chi connectivity index (χ2v) is 7.26. The van der Waals surface area contributed by atoms with Gasteiger partial charge in [0.1, 0.15) is 5.75 Å². The van der Waals surface area contributed by atoms with Crippen LogP contribution in [0.15, 0.2) is 54.6 Å². The predicted molar refractivity (Wildman–Crippen MR) is 103 cm³/mol. The van der Waals surface area contributed by atoms with Crippen molar-refractivity contribution in [1.29, 1.82) is 0 Å². The lowest BCUT2D eigenvalue weighted by Crippen LogP contribution is -2.50. The molecular weight excluding hydrogens is 324 g/mol. The fourth-order valence-electron chi connectivity index (χ4n) is 4.12. The molecule has 1 unspecified atom stereocenters. The van der Waals surface area contributed by atoms with E-state index in [0.717, 1.165) is 32.7 Å². The molecule has 4 heteroatoms. The summed E-state index contributed by atoms with van der Waals surface area (Å²) in [5.41, 5.74) is 3.05. The summed E-state index contributed by atoms with van der Waals surface area (Å²) in [4.78, 5) is 16.6. The Labute approximate surface area is 155 Å². The summed E-state index contributed by atoms with van der Waals surface area (Å²) in [6, 6.07) is 18.2.